The summed E-state index contributed by atoms with van der Waals surface area (Å²) in [7, 11) is 0. The molecule has 0 unspecified atom stereocenters. The number of hydrogen-bond donors (Lipinski definition) is 2. The standard InChI is InChI=1S/C11H18N2/c1-8(2)7-13-11-6-9(3)4-5-10(11)12/h4-6,8,13H,7,12H2,1-3H3. The molecule has 1 aromatic rings. The number of aryl methyl sites for hydroxylation is 1. The highest BCUT2D eigenvalue weighted by atomic mass is 14.9. The van der Waals surface area contributed by atoms with Crippen molar-refractivity contribution in [3.05, 3.63) is 23.8 Å². The quantitative estimate of drug-likeness (QED) is 0.698. The zero-order chi connectivity index (χ0) is 9.84. The maximum Gasteiger partial charge on any atom is 0.0576 e. The summed E-state index contributed by atoms with van der Waals surface area (Å²) < 4.78 is 0. The minimum atomic E-state index is 0.639. The van der Waals surface area contributed by atoms with Crippen LogP contribution in [0, 0.1) is 12.8 Å². The van der Waals surface area contributed by atoms with E-state index in [1.807, 2.05) is 12.1 Å². The number of nitrogen functional groups attached to an aromatic ring is 1. The van der Waals surface area contributed by atoms with Gasteiger partial charge in [-0.2, -0.15) is 0 Å². The van der Waals surface area contributed by atoms with Gasteiger partial charge in [0.2, 0.25) is 0 Å². The molecule has 0 atom stereocenters. The van der Waals surface area contributed by atoms with E-state index in [-0.39, 0.29) is 0 Å². The predicted molar refractivity (Wildman–Crippen MR) is 58.9 cm³/mol. The van der Waals surface area contributed by atoms with Gasteiger partial charge in [-0.25, -0.2) is 0 Å². The third-order valence-corrected chi connectivity index (χ3v) is 1.91. The van der Waals surface area contributed by atoms with Crippen molar-refractivity contribution in [1.82, 2.24) is 0 Å². The molecule has 3 N–H and O–H groups in total. The molecule has 0 saturated carbocycles. The summed E-state index contributed by atoms with van der Waals surface area (Å²) in [5.74, 6) is 0.639. The van der Waals surface area contributed by atoms with Gasteiger partial charge in [-0.15, -0.1) is 0 Å². The van der Waals surface area contributed by atoms with Crippen molar-refractivity contribution in [3.8, 4) is 0 Å². The Morgan fingerprint density at radius 3 is 2.69 bits per heavy atom. The van der Waals surface area contributed by atoms with Crippen LogP contribution in [0.25, 0.3) is 0 Å². The normalized spacial score (nSPS) is 10.5. The fourth-order valence-corrected chi connectivity index (χ4v) is 1.14. The second-order valence-corrected chi connectivity index (χ2v) is 3.87. The molecule has 0 spiro atoms. The van der Waals surface area contributed by atoms with E-state index < -0.39 is 0 Å². The fraction of sp³-hybridized carbons (Fsp3) is 0.455. The summed E-state index contributed by atoms with van der Waals surface area (Å²) in [5.41, 5.74) is 8.92. The zero-order valence-electron chi connectivity index (χ0n) is 8.59. The van der Waals surface area contributed by atoms with Gasteiger partial charge in [-0.3, -0.25) is 0 Å². The van der Waals surface area contributed by atoms with E-state index in [1.165, 1.54) is 5.56 Å². The Hall–Kier alpha value is -1.18. The molecule has 2 heteroatoms. The second-order valence-electron chi connectivity index (χ2n) is 3.87. The van der Waals surface area contributed by atoms with Crippen LogP contribution in [0.15, 0.2) is 18.2 Å². The lowest BCUT2D eigenvalue weighted by Crippen LogP contribution is -2.09. The summed E-state index contributed by atoms with van der Waals surface area (Å²) >= 11 is 0. The molecule has 0 aliphatic carbocycles. The largest absolute Gasteiger partial charge is 0.397 e. The Bertz CT molecular complexity index is 279. The average Bonchev–Trinajstić information content (AvgIpc) is 2.06. The maximum atomic E-state index is 5.81. The van der Waals surface area contributed by atoms with E-state index in [4.69, 9.17) is 5.73 Å². The van der Waals surface area contributed by atoms with Crippen LogP contribution in [0.5, 0.6) is 0 Å². The predicted octanol–water partition coefficient (Wildman–Crippen LogP) is 2.65. The molecule has 0 radical (unpaired) electrons. The van der Waals surface area contributed by atoms with Gasteiger partial charge in [0, 0.05) is 6.54 Å². The number of hydrogen-bond acceptors (Lipinski definition) is 2. The van der Waals surface area contributed by atoms with Crippen molar-refractivity contribution in [3.63, 3.8) is 0 Å². The molecule has 0 bridgehead atoms. The highest BCUT2D eigenvalue weighted by Gasteiger charge is 1.99. The summed E-state index contributed by atoms with van der Waals surface area (Å²) in [4.78, 5) is 0. The Morgan fingerprint density at radius 1 is 1.38 bits per heavy atom. The van der Waals surface area contributed by atoms with E-state index in [2.05, 4.69) is 32.2 Å². The van der Waals surface area contributed by atoms with E-state index in [9.17, 15) is 0 Å². The summed E-state index contributed by atoms with van der Waals surface area (Å²) in [5, 5.41) is 3.33. The van der Waals surface area contributed by atoms with Gasteiger partial charge < -0.3 is 11.1 Å². The number of rotatable bonds is 3. The second kappa shape index (κ2) is 4.17. The monoisotopic (exact) mass is 178 g/mol. The molecule has 0 heterocycles. The smallest absolute Gasteiger partial charge is 0.0576 e. The third kappa shape index (κ3) is 2.98. The first-order chi connectivity index (χ1) is 6.09. The topological polar surface area (TPSA) is 38.0 Å². The van der Waals surface area contributed by atoms with Crippen molar-refractivity contribution in [2.45, 2.75) is 20.8 Å². The minimum Gasteiger partial charge on any atom is -0.397 e. The lowest BCUT2D eigenvalue weighted by atomic mass is 10.1. The minimum absolute atomic E-state index is 0.639. The lowest BCUT2D eigenvalue weighted by Gasteiger charge is -2.11. The molecule has 0 aromatic heterocycles. The van der Waals surface area contributed by atoms with Gasteiger partial charge in [-0.05, 0) is 30.5 Å². The fourth-order valence-electron chi connectivity index (χ4n) is 1.14. The van der Waals surface area contributed by atoms with E-state index in [0.29, 0.717) is 5.92 Å². The van der Waals surface area contributed by atoms with Crippen LogP contribution in [-0.4, -0.2) is 6.54 Å². The molecule has 0 saturated heterocycles. The Balaban J connectivity index is 2.70. The van der Waals surface area contributed by atoms with E-state index in [0.717, 1.165) is 17.9 Å². The van der Waals surface area contributed by atoms with Gasteiger partial charge in [0.15, 0.2) is 0 Å². The van der Waals surface area contributed by atoms with Gasteiger partial charge >= 0.3 is 0 Å². The van der Waals surface area contributed by atoms with Gasteiger partial charge in [-0.1, -0.05) is 19.9 Å². The Morgan fingerprint density at radius 2 is 2.08 bits per heavy atom. The van der Waals surface area contributed by atoms with Gasteiger partial charge in [0.05, 0.1) is 11.4 Å². The van der Waals surface area contributed by atoms with E-state index in [1.54, 1.807) is 0 Å². The van der Waals surface area contributed by atoms with Crippen LogP contribution >= 0.6 is 0 Å². The summed E-state index contributed by atoms with van der Waals surface area (Å²) in [6.07, 6.45) is 0. The molecule has 0 aliphatic rings. The summed E-state index contributed by atoms with van der Waals surface area (Å²) in [6.45, 7) is 7.39. The maximum absolute atomic E-state index is 5.81. The van der Waals surface area contributed by atoms with Crippen molar-refractivity contribution >= 4 is 11.4 Å². The molecule has 13 heavy (non-hydrogen) atoms. The van der Waals surface area contributed by atoms with Crippen LogP contribution < -0.4 is 11.1 Å². The number of nitrogens with two attached hydrogens (primary N) is 1. The van der Waals surface area contributed by atoms with Gasteiger partial charge in [0.25, 0.3) is 0 Å². The van der Waals surface area contributed by atoms with Crippen LogP contribution in [0.1, 0.15) is 19.4 Å². The van der Waals surface area contributed by atoms with Crippen LogP contribution in [-0.2, 0) is 0 Å². The number of nitrogens with one attached hydrogen (secondary N) is 1. The average molecular weight is 178 g/mol. The van der Waals surface area contributed by atoms with Crippen molar-refractivity contribution in [2.24, 2.45) is 5.92 Å². The first kappa shape index (κ1) is 9.90. The SMILES string of the molecule is Cc1ccc(N)c(NCC(C)C)c1. The first-order valence-electron chi connectivity index (χ1n) is 4.69. The Labute approximate surface area is 80.1 Å². The lowest BCUT2D eigenvalue weighted by molar-refractivity contribution is 0.689. The van der Waals surface area contributed by atoms with Crippen LogP contribution in [0.4, 0.5) is 11.4 Å². The molecular formula is C11H18N2. The summed E-state index contributed by atoms with van der Waals surface area (Å²) in [6, 6.07) is 6.05. The van der Waals surface area contributed by atoms with Crippen LogP contribution in [0.3, 0.4) is 0 Å². The van der Waals surface area contributed by atoms with Crippen molar-refractivity contribution in [2.75, 3.05) is 17.6 Å². The molecule has 1 aromatic carbocycles. The number of benzene rings is 1. The first-order valence-corrected chi connectivity index (χ1v) is 4.69. The molecule has 2 nitrogen and oxygen atoms in total. The molecule has 1 rings (SSSR count). The molecule has 0 fully saturated rings. The molecule has 0 amide bonds. The molecular weight excluding hydrogens is 160 g/mol. The van der Waals surface area contributed by atoms with Gasteiger partial charge in [0.1, 0.15) is 0 Å². The number of anilines is 2. The highest BCUT2D eigenvalue weighted by molar-refractivity contribution is 5.66. The van der Waals surface area contributed by atoms with E-state index >= 15 is 0 Å². The third-order valence-electron chi connectivity index (χ3n) is 1.91. The molecule has 72 valence electrons. The Kier molecular flexibility index (Phi) is 3.18. The molecule has 0 aliphatic heterocycles. The zero-order valence-corrected chi connectivity index (χ0v) is 8.59. The van der Waals surface area contributed by atoms with Crippen molar-refractivity contribution < 1.29 is 0 Å². The van der Waals surface area contributed by atoms with Crippen LogP contribution in [0.2, 0.25) is 0 Å². The highest BCUT2D eigenvalue weighted by Crippen LogP contribution is 2.19. The van der Waals surface area contributed by atoms with Crippen molar-refractivity contribution in [1.29, 1.82) is 0 Å².